The Morgan fingerprint density at radius 3 is 2.68 bits per heavy atom. The molecule has 0 bridgehead atoms. The van der Waals surface area contributed by atoms with Crippen LogP contribution < -0.4 is 0 Å². The Labute approximate surface area is 146 Å². The zero-order valence-corrected chi connectivity index (χ0v) is 14.2. The van der Waals surface area contributed by atoms with E-state index in [1.807, 2.05) is 47.0 Å². The highest BCUT2D eigenvalue weighted by atomic mass is 16.2. The van der Waals surface area contributed by atoms with Gasteiger partial charge in [-0.3, -0.25) is 4.79 Å². The van der Waals surface area contributed by atoms with Gasteiger partial charge in [-0.25, -0.2) is 4.68 Å². The molecule has 3 heterocycles. The molecule has 1 fully saturated rings. The number of benzene rings is 1. The van der Waals surface area contributed by atoms with Crippen LogP contribution in [0.3, 0.4) is 0 Å². The van der Waals surface area contributed by atoms with Crippen LogP contribution in [0.15, 0.2) is 48.8 Å². The molecular weight excluding hydrogens is 312 g/mol. The molecule has 0 unspecified atom stereocenters. The third-order valence-electron chi connectivity index (χ3n) is 5.21. The van der Waals surface area contributed by atoms with E-state index in [9.17, 15) is 4.79 Å². The lowest BCUT2D eigenvalue weighted by Gasteiger charge is -2.21. The third kappa shape index (κ3) is 2.38. The predicted octanol–water partition coefficient (Wildman–Crippen LogP) is 3.13. The molecule has 25 heavy (non-hydrogen) atoms. The van der Waals surface area contributed by atoms with E-state index < -0.39 is 0 Å². The predicted molar refractivity (Wildman–Crippen MR) is 94.9 cm³/mol. The molecule has 126 valence electrons. The van der Waals surface area contributed by atoms with Gasteiger partial charge in [-0.2, -0.15) is 5.10 Å². The molecule has 1 aliphatic carbocycles. The van der Waals surface area contributed by atoms with Gasteiger partial charge in [-0.05, 0) is 31.0 Å². The van der Waals surface area contributed by atoms with Crippen LogP contribution >= 0.6 is 0 Å². The zero-order valence-electron chi connectivity index (χ0n) is 14.2. The van der Waals surface area contributed by atoms with E-state index in [0.717, 1.165) is 41.0 Å². The maximum atomic E-state index is 12.7. The minimum atomic E-state index is 0.231. The Balaban J connectivity index is 1.63. The van der Waals surface area contributed by atoms with Crippen LogP contribution in [0.2, 0.25) is 0 Å². The van der Waals surface area contributed by atoms with Gasteiger partial charge in [0.25, 0.3) is 0 Å². The lowest BCUT2D eigenvalue weighted by atomic mass is 10.1. The van der Waals surface area contributed by atoms with Crippen LogP contribution in [0, 0.1) is 5.92 Å². The van der Waals surface area contributed by atoms with Crippen molar-refractivity contribution in [1.29, 1.82) is 0 Å². The van der Waals surface area contributed by atoms with Gasteiger partial charge < -0.3 is 9.47 Å². The average molecular weight is 332 g/mol. The Morgan fingerprint density at radius 2 is 1.92 bits per heavy atom. The van der Waals surface area contributed by atoms with Crippen molar-refractivity contribution in [3.63, 3.8) is 0 Å². The Kier molecular flexibility index (Phi) is 3.10. The van der Waals surface area contributed by atoms with Crippen molar-refractivity contribution in [2.24, 2.45) is 13.0 Å². The number of hydrogen-bond acceptors (Lipinski definition) is 2. The maximum Gasteiger partial charge on any atom is 0.226 e. The molecule has 5 rings (SSSR count). The van der Waals surface area contributed by atoms with Crippen LogP contribution in [0.5, 0.6) is 0 Å². The van der Waals surface area contributed by atoms with Gasteiger partial charge in [0.2, 0.25) is 5.91 Å². The zero-order chi connectivity index (χ0) is 17.0. The fraction of sp³-hybridized carbons (Fsp3) is 0.300. The number of aryl methyl sites for hydroxylation is 1. The Bertz CT molecular complexity index is 949. The number of rotatable bonds is 2. The SMILES string of the molecule is Cn1ccc2c1CN(C(=O)C1CC1)Cc1cn(-c3ccccc3)nc1-2. The van der Waals surface area contributed by atoms with Crippen molar-refractivity contribution >= 4 is 5.91 Å². The first-order valence-corrected chi connectivity index (χ1v) is 8.78. The first kappa shape index (κ1) is 14.5. The lowest BCUT2D eigenvalue weighted by molar-refractivity contribution is -0.133. The van der Waals surface area contributed by atoms with Crippen molar-refractivity contribution in [2.45, 2.75) is 25.9 Å². The number of hydrogen-bond donors (Lipinski definition) is 0. The number of amides is 1. The highest BCUT2D eigenvalue weighted by Crippen LogP contribution is 2.36. The van der Waals surface area contributed by atoms with E-state index in [-0.39, 0.29) is 11.8 Å². The molecule has 1 saturated carbocycles. The molecule has 2 aromatic heterocycles. The summed E-state index contributed by atoms with van der Waals surface area (Å²) >= 11 is 0. The summed E-state index contributed by atoms with van der Waals surface area (Å²) in [6.45, 7) is 1.29. The largest absolute Gasteiger partial charge is 0.352 e. The van der Waals surface area contributed by atoms with Gasteiger partial charge in [0, 0.05) is 48.7 Å². The van der Waals surface area contributed by atoms with Crippen molar-refractivity contribution in [3.8, 4) is 16.9 Å². The molecule has 0 saturated heterocycles. The molecule has 0 spiro atoms. The molecule has 1 amide bonds. The van der Waals surface area contributed by atoms with E-state index in [1.165, 1.54) is 0 Å². The number of aromatic nitrogens is 3. The monoisotopic (exact) mass is 332 g/mol. The molecule has 1 aliphatic heterocycles. The molecule has 0 radical (unpaired) electrons. The first-order valence-electron chi connectivity index (χ1n) is 8.78. The number of fused-ring (bicyclic) bond motifs is 3. The number of nitrogens with zero attached hydrogens (tertiary/aromatic N) is 4. The van der Waals surface area contributed by atoms with Crippen LogP contribution in [0.25, 0.3) is 16.9 Å². The summed E-state index contributed by atoms with van der Waals surface area (Å²) < 4.78 is 4.03. The second kappa shape index (κ2) is 5.34. The van der Waals surface area contributed by atoms with Crippen LogP contribution in [-0.4, -0.2) is 25.2 Å². The summed E-state index contributed by atoms with van der Waals surface area (Å²) in [5, 5.41) is 4.86. The van der Waals surface area contributed by atoms with Crippen molar-refractivity contribution < 1.29 is 4.79 Å². The minimum absolute atomic E-state index is 0.231. The highest BCUT2D eigenvalue weighted by Gasteiger charge is 2.36. The Hall–Kier alpha value is -2.82. The summed E-state index contributed by atoms with van der Waals surface area (Å²) in [6.07, 6.45) is 6.19. The van der Waals surface area contributed by atoms with Gasteiger partial charge in [-0.1, -0.05) is 18.2 Å². The summed E-state index contributed by atoms with van der Waals surface area (Å²) in [7, 11) is 2.04. The van der Waals surface area contributed by atoms with E-state index in [2.05, 4.69) is 23.0 Å². The molecule has 3 aromatic rings. The van der Waals surface area contributed by atoms with E-state index in [1.54, 1.807) is 0 Å². The topological polar surface area (TPSA) is 43.1 Å². The van der Waals surface area contributed by atoms with Gasteiger partial charge in [0.05, 0.1) is 17.9 Å². The van der Waals surface area contributed by atoms with Crippen LogP contribution in [0.1, 0.15) is 24.1 Å². The van der Waals surface area contributed by atoms with Crippen LogP contribution in [-0.2, 0) is 24.9 Å². The normalized spacial score (nSPS) is 16.3. The maximum absolute atomic E-state index is 12.7. The fourth-order valence-corrected chi connectivity index (χ4v) is 3.63. The van der Waals surface area contributed by atoms with Gasteiger partial charge >= 0.3 is 0 Å². The van der Waals surface area contributed by atoms with Crippen molar-refractivity contribution in [1.82, 2.24) is 19.2 Å². The Morgan fingerprint density at radius 1 is 1.12 bits per heavy atom. The highest BCUT2D eigenvalue weighted by molar-refractivity contribution is 5.82. The number of para-hydroxylation sites is 1. The van der Waals surface area contributed by atoms with Crippen molar-refractivity contribution in [3.05, 3.63) is 60.0 Å². The number of carbonyl (C=O) groups excluding carboxylic acids is 1. The third-order valence-corrected chi connectivity index (χ3v) is 5.21. The summed E-state index contributed by atoms with van der Waals surface area (Å²) in [5.41, 5.74) is 5.44. The fourth-order valence-electron chi connectivity index (χ4n) is 3.63. The molecular formula is C20H20N4O. The summed E-state index contributed by atoms with van der Waals surface area (Å²) in [4.78, 5) is 14.7. The minimum Gasteiger partial charge on any atom is -0.352 e. The van der Waals surface area contributed by atoms with E-state index in [4.69, 9.17) is 5.10 Å². The molecule has 1 aromatic carbocycles. The molecule has 0 atom stereocenters. The molecule has 0 N–H and O–H groups in total. The smallest absolute Gasteiger partial charge is 0.226 e. The van der Waals surface area contributed by atoms with Gasteiger partial charge in [-0.15, -0.1) is 0 Å². The first-order chi connectivity index (χ1) is 12.2. The lowest BCUT2D eigenvalue weighted by Crippen LogP contribution is -2.31. The van der Waals surface area contributed by atoms with Crippen molar-refractivity contribution in [2.75, 3.05) is 0 Å². The quantitative estimate of drug-likeness (QED) is 0.723. The standard InChI is InChI=1S/C20H20N4O/c1-22-10-9-17-18(22)13-23(20(25)14-7-8-14)11-15-12-24(21-19(15)17)16-5-3-2-4-6-16/h2-6,9-10,12,14H,7-8,11,13H2,1H3. The average Bonchev–Trinajstić information content (AvgIpc) is 3.35. The molecule has 5 heteroatoms. The van der Waals surface area contributed by atoms with Gasteiger partial charge in [0.15, 0.2) is 0 Å². The second-order valence-corrected chi connectivity index (χ2v) is 7.04. The van der Waals surface area contributed by atoms with E-state index >= 15 is 0 Å². The van der Waals surface area contributed by atoms with Gasteiger partial charge in [0.1, 0.15) is 0 Å². The summed E-state index contributed by atoms with van der Waals surface area (Å²) in [6, 6.07) is 12.2. The number of carbonyl (C=O) groups is 1. The summed E-state index contributed by atoms with van der Waals surface area (Å²) in [5.74, 6) is 0.516. The second-order valence-electron chi connectivity index (χ2n) is 7.04. The van der Waals surface area contributed by atoms with Crippen LogP contribution in [0.4, 0.5) is 0 Å². The van der Waals surface area contributed by atoms with E-state index in [0.29, 0.717) is 13.1 Å². The molecule has 2 aliphatic rings. The molecule has 5 nitrogen and oxygen atoms in total.